The lowest BCUT2D eigenvalue weighted by Crippen LogP contribution is -2.35. The zero-order chi connectivity index (χ0) is 11.4. The Labute approximate surface area is 85.4 Å². The van der Waals surface area contributed by atoms with Gasteiger partial charge in [0.1, 0.15) is 0 Å². The largest absolute Gasteiger partial charge is 0.469 e. The van der Waals surface area contributed by atoms with Crippen molar-refractivity contribution in [3.63, 3.8) is 0 Å². The third-order valence-corrected chi connectivity index (χ3v) is 2.18. The predicted octanol–water partition coefficient (Wildman–Crippen LogP) is 0.674. The number of methoxy groups -OCH3 is 1. The van der Waals surface area contributed by atoms with E-state index in [0.717, 1.165) is 0 Å². The Hall–Kier alpha value is -0.610. The molecule has 3 N–H and O–H groups in total. The summed E-state index contributed by atoms with van der Waals surface area (Å²) in [4.78, 5) is 10.9. The maximum Gasteiger partial charge on any atom is 0.307 e. The number of rotatable bonds is 5. The molecule has 2 atom stereocenters. The van der Waals surface area contributed by atoms with Crippen LogP contribution in [0.1, 0.15) is 33.6 Å². The standard InChI is InChI=1S/C10H21NO3/c1-7(6-10(2,3)13)8(11)5-9(12)14-4/h7-8,13H,5-6,11H2,1-4H3. The van der Waals surface area contributed by atoms with Crippen LogP contribution in [0.2, 0.25) is 0 Å². The van der Waals surface area contributed by atoms with E-state index in [0.29, 0.717) is 6.42 Å². The van der Waals surface area contributed by atoms with Gasteiger partial charge in [-0.05, 0) is 26.2 Å². The average molecular weight is 203 g/mol. The smallest absolute Gasteiger partial charge is 0.307 e. The number of esters is 1. The van der Waals surface area contributed by atoms with Gasteiger partial charge >= 0.3 is 5.97 Å². The lowest BCUT2D eigenvalue weighted by molar-refractivity contribution is -0.141. The summed E-state index contributed by atoms with van der Waals surface area (Å²) in [7, 11) is 1.34. The molecule has 84 valence electrons. The molecule has 0 aromatic carbocycles. The highest BCUT2D eigenvalue weighted by molar-refractivity contribution is 5.69. The first-order chi connectivity index (χ1) is 6.26. The first-order valence-electron chi connectivity index (χ1n) is 4.81. The lowest BCUT2D eigenvalue weighted by atomic mass is 9.88. The average Bonchev–Trinajstić information content (AvgIpc) is 2.00. The second-order valence-corrected chi connectivity index (χ2v) is 4.44. The maximum absolute atomic E-state index is 10.9. The zero-order valence-electron chi connectivity index (χ0n) is 9.41. The summed E-state index contributed by atoms with van der Waals surface area (Å²) in [6.45, 7) is 5.38. The van der Waals surface area contributed by atoms with Crippen LogP contribution < -0.4 is 5.73 Å². The van der Waals surface area contributed by atoms with Crippen LogP contribution in [0.25, 0.3) is 0 Å². The van der Waals surface area contributed by atoms with E-state index in [9.17, 15) is 9.90 Å². The summed E-state index contributed by atoms with van der Waals surface area (Å²) in [6, 6.07) is -0.256. The fourth-order valence-corrected chi connectivity index (χ4v) is 1.42. The van der Waals surface area contributed by atoms with Crippen LogP contribution in [-0.4, -0.2) is 29.8 Å². The van der Waals surface area contributed by atoms with Crippen molar-refractivity contribution in [3.05, 3.63) is 0 Å². The fraction of sp³-hybridized carbons (Fsp3) is 0.900. The van der Waals surface area contributed by atoms with E-state index in [4.69, 9.17) is 5.73 Å². The summed E-state index contributed by atoms with van der Waals surface area (Å²) in [5.74, 6) is -0.214. The van der Waals surface area contributed by atoms with Gasteiger partial charge in [0.25, 0.3) is 0 Å². The number of nitrogens with two attached hydrogens (primary N) is 1. The normalized spacial score (nSPS) is 16.1. The summed E-state index contributed by atoms with van der Waals surface area (Å²) in [5, 5.41) is 9.56. The SMILES string of the molecule is COC(=O)CC(N)C(C)CC(C)(C)O. The number of aliphatic hydroxyl groups is 1. The second-order valence-electron chi connectivity index (χ2n) is 4.44. The molecule has 0 radical (unpaired) electrons. The summed E-state index contributed by atoms with van der Waals surface area (Å²) < 4.78 is 4.52. The summed E-state index contributed by atoms with van der Waals surface area (Å²) in [6.07, 6.45) is 0.777. The van der Waals surface area contributed by atoms with Gasteiger partial charge in [-0.1, -0.05) is 6.92 Å². The number of carbonyl (C=O) groups excluding carboxylic acids is 1. The van der Waals surface area contributed by atoms with Gasteiger partial charge in [-0.25, -0.2) is 0 Å². The fourth-order valence-electron chi connectivity index (χ4n) is 1.42. The Morgan fingerprint density at radius 3 is 2.43 bits per heavy atom. The van der Waals surface area contributed by atoms with Crippen LogP contribution in [0, 0.1) is 5.92 Å². The van der Waals surface area contributed by atoms with E-state index < -0.39 is 5.60 Å². The van der Waals surface area contributed by atoms with Crippen molar-refractivity contribution in [2.45, 2.75) is 45.3 Å². The molecule has 4 heteroatoms. The third-order valence-electron chi connectivity index (χ3n) is 2.18. The molecule has 0 amide bonds. The van der Waals surface area contributed by atoms with Crippen LogP contribution in [0.5, 0.6) is 0 Å². The van der Waals surface area contributed by atoms with Gasteiger partial charge in [0.05, 0.1) is 19.1 Å². The molecule has 0 aliphatic heterocycles. The molecule has 0 aliphatic rings. The monoisotopic (exact) mass is 203 g/mol. The molecule has 0 rings (SSSR count). The highest BCUT2D eigenvalue weighted by Gasteiger charge is 2.23. The number of hydrogen-bond acceptors (Lipinski definition) is 4. The molecule has 0 saturated carbocycles. The molecule has 0 saturated heterocycles. The van der Waals surface area contributed by atoms with E-state index in [1.165, 1.54) is 7.11 Å². The van der Waals surface area contributed by atoms with E-state index in [-0.39, 0.29) is 24.3 Å². The molecule has 2 unspecified atom stereocenters. The van der Waals surface area contributed by atoms with Crippen molar-refractivity contribution in [2.24, 2.45) is 11.7 Å². The highest BCUT2D eigenvalue weighted by Crippen LogP contribution is 2.19. The topological polar surface area (TPSA) is 72.5 Å². The van der Waals surface area contributed by atoms with Crippen molar-refractivity contribution in [1.82, 2.24) is 0 Å². The number of ether oxygens (including phenoxy) is 1. The van der Waals surface area contributed by atoms with Gasteiger partial charge in [0.15, 0.2) is 0 Å². The first kappa shape index (κ1) is 13.4. The molecule has 0 aromatic heterocycles. The van der Waals surface area contributed by atoms with Crippen LogP contribution in [0.3, 0.4) is 0 Å². The zero-order valence-corrected chi connectivity index (χ0v) is 9.41. The van der Waals surface area contributed by atoms with E-state index >= 15 is 0 Å². The van der Waals surface area contributed by atoms with E-state index in [1.54, 1.807) is 13.8 Å². The van der Waals surface area contributed by atoms with Gasteiger partial charge < -0.3 is 15.6 Å². The molecule has 4 nitrogen and oxygen atoms in total. The molecule has 0 aliphatic carbocycles. The first-order valence-corrected chi connectivity index (χ1v) is 4.81. The molecule has 0 fully saturated rings. The van der Waals surface area contributed by atoms with Gasteiger partial charge in [-0.3, -0.25) is 4.79 Å². The Morgan fingerprint density at radius 1 is 1.57 bits per heavy atom. The Bertz CT molecular complexity index is 186. The van der Waals surface area contributed by atoms with E-state index in [2.05, 4.69) is 4.74 Å². The molecule has 0 spiro atoms. The van der Waals surface area contributed by atoms with Gasteiger partial charge in [0.2, 0.25) is 0 Å². The van der Waals surface area contributed by atoms with Crippen LogP contribution in [0.4, 0.5) is 0 Å². The lowest BCUT2D eigenvalue weighted by Gasteiger charge is -2.25. The quantitative estimate of drug-likeness (QED) is 0.644. The third kappa shape index (κ3) is 5.94. The summed E-state index contributed by atoms with van der Waals surface area (Å²) >= 11 is 0. The second kappa shape index (κ2) is 5.32. The van der Waals surface area contributed by atoms with Gasteiger partial charge in [0, 0.05) is 6.04 Å². The van der Waals surface area contributed by atoms with Crippen LogP contribution in [0.15, 0.2) is 0 Å². The van der Waals surface area contributed by atoms with Crippen LogP contribution in [-0.2, 0) is 9.53 Å². The predicted molar refractivity (Wildman–Crippen MR) is 54.7 cm³/mol. The minimum absolute atomic E-state index is 0.0918. The van der Waals surface area contributed by atoms with Gasteiger partial charge in [-0.15, -0.1) is 0 Å². The highest BCUT2D eigenvalue weighted by atomic mass is 16.5. The van der Waals surface area contributed by atoms with Gasteiger partial charge in [-0.2, -0.15) is 0 Å². The van der Waals surface area contributed by atoms with Crippen molar-refractivity contribution in [1.29, 1.82) is 0 Å². The van der Waals surface area contributed by atoms with E-state index in [1.807, 2.05) is 6.92 Å². The van der Waals surface area contributed by atoms with Crippen molar-refractivity contribution in [3.8, 4) is 0 Å². The molecular weight excluding hydrogens is 182 g/mol. The molecule has 0 bridgehead atoms. The minimum Gasteiger partial charge on any atom is -0.469 e. The molecular formula is C10H21NO3. The number of hydrogen-bond donors (Lipinski definition) is 2. The Kier molecular flexibility index (Phi) is 5.08. The molecule has 0 aromatic rings. The molecule has 14 heavy (non-hydrogen) atoms. The Balaban J connectivity index is 3.99. The maximum atomic E-state index is 10.9. The van der Waals surface area contributed by atoms with Crippen molar-refractivity contribution in [2.75, 3.05) is 7.11 Å². The van der Waals surface area contributed by atoms with Crippen LogP contribution >= 0.6 is 0 Å². The van der Waals surface area contributed by atoms with Crippen molar-refractivity contribution >= 4 is 5.97 Å². The minimum atomic E-state index is -0.743. The van der Waals surface area contributed by atoms with Crippen molar-refractivity contribution < 1.29 is 14.6 Å². The summed E-state index contributed by atoms with van der Waals surface area (Å²) in [5.41, 5.74) is 5.05. The molecule has 0 heterocycles. The number of carbonyl (C=O) groups is 1. The Morgan fingerprint density at radius 2 is 2.07 bits per heavy atom.